The Bertz CT molecular complexity index is 1060. The van der Waals surface area contributed by atoms with Gasteiger partial charge in [-0.15, -0.1) is 11.8 Å². The third kappa shape index (κ3) is 9.12. The Hall–Kier alpha value is -0.230. The van der Waals surface area contributed by atoms with Crippen molar-refractivity contribution in [3.05, 3.63) is 11.6 Å². The largest absolute Gasteiger partial charge is 0.394 e. The van der Waals surface area contributed by atoms with Gasteiger partial charge < -0.3 is 35.1 Å². The number of nitrogens with zero attached hydrogens (tertiary/aromatic N) is 1. The Morgan fingerprint density at radius 1 is 0.918 bits per heavy atom. The summed E-state index contributed by atoms with van der Waals surface area (Å²) in [7, 11) is 0. The van der Waals surface area contributed by atoms with Crippen LogP contribution in [0.4, 0.5) is 0 Å². The van der Waals surface area contributed by atoms with Gasteiger partial charge in [0.2, 0.25) is 0 Å². The average Bonchev–Trinajstić information content (AvgIpc) is 3.43. The zero-order valence-corrected chi connectivity index (χ0v) is 32.2. The molecule has 0 aromatic rings. The highest BCUT2D eigenvalue weighted by Crippen LogP contribution is 2.67. The monoisotopic (exact) mass is 709 g/mol. The first-order chi connectivity index (χ1) is 23.4. The van der Waals surface area contributed by atoms with Gasteiger partial charge in [0.1, 0.15) is 29.9 Å². The number of allylic oxidation sites excluding steroid dienone is 1. The molecule has 4 aliphatic carbocycles. The summed E-state index contributed by atoms with van der Waals surface area (Å²) in [5, 5.41) is 51.1. The average molecular weight is 710 g/mol. The minimum atomic E-state index is -1.35. The first kappa shape index (κ1) is 40.0. The van der Waals surface area contributed by atoms with Crippen molar-refractivity contribution in [1.29, 1.82) is 0 Å². The van der Waals surface area contributed by atoms with E-state index in [4.69, 9.17) is 9.47 Å². The van der Waals surface area contributed by atoms with E-state index in [1.165, 1.54) is 74.6 Å². The summed E-state index contributed by atoms with van der Waals surface area (Å²) in [6.45, 7) is 14.0. The molecule has 9 heteroatoms. The number of fused-ring (bicyclic) bond motifs is 5. The second kappa shape index (κ2) is 17.7. The van der Waals surface area contributed by atoms with Crippen molar-refractivity contribution in [3.8, 4) is 0 Å². The number of aliphatic hydroxyl groups excluding tert-OH is 4. The molecular formula is C40H71NO7S. The van der Waals surface area contributed by atoms with E-state index >= 15 is 0 Å². The molecule has 4 fully saturated rings. The van der Waals surface area contributed by atoms with E-state index in [-0.39, 0.29) is 0 Å². The molecule has 0 bridgehead atoms. The molecule has 1 aliphatic heterocycles. The standard InChI is InChI=1S/C40H71NO7S/c1-26(2)10-8-11-27(3)31-14-15-32-30-13-12-28-24-29(16-18-39(28,4)33(30)17-19-40(31,32)5)47-22-7-6-20-41(46)21-9-23-49-38-37(45)36(44)35(43)34(25-42)48-38/h12,26-27,29-38,42-46H,6-11,13-25H2,1-5H3. The van der Waals surface area contributed by atoms with Crippen LogP contribution in [0.15, 0.2) is 11.6 Å². The smallest absolute Gasteiger partial charge is 0.132 e. The second-order valence-electron chi connectivity index (χ2n) is 17.6. The minimum absolute atomic E-state index is 0.317. The molecule has 1 heterocycles. The fourth-order valence-corrected chi connectivity index (χ4v) is 12.3. The van der Waals surface area contributed by atoms with Crippen LogP contribution in [0.1, 0.15) is 125 Å². The van der Waals surface area contributed by atoms with Crippen molar-refractivity contribution in [3.63, 3.8) is 0 Å². The molecule has 1 saturated heterocycles. The van der Waals surface area contributed by atoms with Crippen molar-refractivity contribution in [2.45, 2.75) is 160 Å². The highest BCUT2D eigenvalue weighted by Gasteiger charge is 2.59. The maximum atomic E-state index is 10.4. The summed E-state index contributed by atoms with van der Waals surface area (Å²) in [6.07, 6.45) is 15.4. The summed E-state index contributed by atoms with van der Waals surface area (Å²) in [6, 6.07) is 0. The number of ether oxygens (including phenoxy) is 2. The summed E-state index contributed by atoms with van der Waals surface area (Å²) >= 11 is 1.32. The van der Waals surface area contributed by atoms with Gasteiger partial charge in [-0.1, -0.05) is 65.5 Å². The van der Waals surface area contributed by atoms with Crippen LogP contribution in [0.5, 0.6) is 0 Å². The van der Waals surface area contributed by atoms with E-state index < -0.39 is 36.5 Å². The van der Waals surface area contributed by atoms with Gasteiger partial charge in [-0.05, 0) is 123 Å². The fourth-order valence-electron chi connectivity index (χ4n) is 11.2. The SMILES string of the molecule is CC(C)CCCC(C)C1CCC2C3CC=C4CC(OCCCCN(O)CCCSC5OC(CO)C(O)C(O)C5O)CCC4(C)C3CCC12C. The number of unbranched alkanes of at least 4 members (excludes halogenated alkanes) is 1. The number of hydroxylamine groups is 2. The lowest BCUT2D eigenvalue weighted by atomic mass is 9.47. The van der Waals surface area contributed by atoms with Crippen LogP contribution in [0.3, 0.4) is 0 Å². The van der Waals surface area contributed by atoms with Crippen molar-refractivity contribution >= 4 is 11.8 Å². The van der Waals surface area contributed by atoms with Crippen LogP contribution in [0.2, 0.25) is 0 Å². The van der Waals surface area contributed by atoms with Gasteiger partial charge in [-0.25, -0.2) is 0 Å². The maximum Gasteiger partial charge on any atom is 0.132 e. The summed E-state index contributed by atoms with van der Waals surface area (Å²) in [5.41, 5.74) is 1.86. The molecule has 3 saturated carbocycles. The van der Waals surface area contributed by atoms with Crippen LogP contribution in [-0.4, -0.2) is 98.7 Å². The molecule has 5 N–H and O–H groups in total. The van der Waals surface area contributed by atoms with Gasteiger partial charge in [0, 0.05) is 19.7 Å². The summed E-state index contributed by atoms with van der Waals surface area (Å²) in [5.74, 6) is 5.82. The predicted octanol–water partition coefficient (Wildman–Crippen LogP) is 6.81. The molecule has 5 rings (SSSR count). The zero-order valence-electron chi connectivity index (χ0n) is 31.3. The van der Waals surface area contributed by atoms with Crippen LogP contribution in [0, 0.1) is 46.3 Å². The third-order valence-corrected chi connectivity index (χ3v) is 15.4. The molecule has 13 unspecified atom stereocenters. The van der Waals surface area contributed by atoms with E-state index in [1.807, 2.05) is 0 Å². The summed E-state index contributed by atoms with van der Waals surface area (Å²) < 4.78 is 12.0. The molecule has 284 valence electrons. The Balaban J connectivity index is 0.988. The normalized spacial score (nSPS) is 41.3. The zero-order chi connectivity index (χ0) is 35.3. The lowest BCUT2D eigenvalue weighted by molar-refractivity contribution is -0.205. The van der Waals surface area contributed by atoms with Gasteiger partial charge in [-0.2, -0.15) is 5.06 Å². The van der Waals surface area contributed by atoms with Gasteiger partial charge in [-0.3, -0.25) is 0 Å². The molecule has 13 atom stereocenters. The molecule has 5 aliphatic rings. The van der Waals surface area contributed by atoms with Crippen molar-refractivity contribution in [1.82, 2.24) is 5.06 Å². The molecule has 0 spiro atoms. The first-order valence-electron chi connectivity index (χ1n) is 20.1. The molecular weight excluding hydrogens is 639 g/mol. The number of hydrogen-bond acceptors (Lipinski definition) is 9. The van der Waals surface area contributed by atoms with E-state index in [9.17, 15) is 25.6 Å². The maximum absolute atomic E-state index is 10.4. The number of hydrogen-bond donors (Lipinski definition) is 5. The highest BCUT2D eigenvalue weighted by molar-refractivity contribution is 7.99. The van der Waals surface area contributed by atoms with E-state index in [0.29, 0.717) is 42.2 Å². The number of aliphatic hydroxyl groups is 4. The molecule has 0 radical (unpaired) electrons. The predicted molar refractivity (Wildman–Crippen MR) is 196 cm³/mol. The van der Waals surface area contributed by atoms with Crippen LogP contribution in [-0.2, 0) is 9.47 Å². The molecule has 8 nitrogen and oxygen atoms in total. The molecule has 0 amide bonds. The quantitative estimate of drug-likeness (QED) is 0.0630. The van der Waals surface area contributed by atoms with E-state index in [0.717, 1.165) is 67.8 Å². The molecule has 49 heavy (non-hydrogen) atoms. The first-order valence-corrected chi connectivity index (χ1v) is 21.1. The van der Waals surface area contributed by atoms with E-state index in [1.54, 1.807) is 5.57 Å². The Kier molecular flexibility index (Phi) is 14.5. The van der Waals surface area contributed by atoms with Gasteiger partial charge in [0.15, 0.2) is 0 Å². The van der Waals surface area contributed by atoms with Gasteiger partial charge in [0.05, 0.1) is 12.7 Å². The number of rotatable bonds is 17. The van der Waals surface area contributed by atoms with Crippen molar-refractivity contribution < 1.29 is 35.1 Å². The van der Waals surface area contributed by atoms with Crippen LogP contribution >= 0.6 is 11.8 Å². The number of thioether (sulfide) groups is 1. The lowest BCUT2D eigenvalue weighted by Crippen LogP contribution is -2.57. The van der Waals surface area contributed by atoms with Crippen LogP contribution in [0.25, 0.3) is 0 Å². The van der Waals surface area contributed by atoms with Crippen molar-refractivity contribution in [2.75, 3.05) is 32.1 Å². The third-order valence-electron chi connectivity index (χ3n) is 14.1. The molecule has 0 aromatic heterocycles. The Morgan fingerprint density at radius 2 is 1.69 bits per heavy atom. The Labute approximate surface area is 301 Å². The highest BCUT2D eigenvalue weighted by atomic mass is 32.2. The Morgan fingerprint density at radius 3 is 2.45 bits per heavy atom. The fraction of sp³-hybridized carbons (Fsp3) is 0.950. The van der Waals surface area contributed by atoms with Gasteiger partial charge >= 0.3 is 0 Å². The lowest BCUT2D eigenvalue weighted by Gasteiger charge is -2.58. The van der Waals surface area contributed by atoms with E-state index in [2.05, 4.69) is 40.7 Å². The topological polar surface area (TPSA) is 123 Å². The van der Waals surface area contributed by atoms with Gasteiger partial charge in [0.25, 0.3) is 0 Å². The second-order valence-corrected chi connectivity index (χ2v) is 18.8. The minimum Gasteiger partial charge on any atom is -0.394 e. The van der Waals surface area contributed by atoms with Crippen LogP contribution < -0.4 is 0 Å². The summed E-state index contributed by atoms with van der Waals surface area (Å²) in [4.78, 5) is 0. The van der Waals surface area contributed by atoms with Crippen molar-refractivity contribution in [2.24, 2.45) is 46.3 Å². The molecule has 0 aromatic carbocycles.